The van der Waals surface area contributed by atoms with Crippen LogP contribution in [-0.4, -0.2) is 82.1 Å². The maximum atomic E-state index is 13.2. The fourth-order valence-corrected chi connectivity index (χ4v) is 5.06. The average Bonchev–Trinajstić information content (AvgIpc) is 3.60. The van der Waals surface area contributed by atoms with Gasteiger partial charge in [0.25, 0.3) is 17.4 Å². The second-order valence-corrected chi connectivity index (χ2v) is 10.3. The predicted molar refractivity (Wildman–Crippen MR) is 138 cm³/mol. The zero-order valence-corrected chi connectivity index (χ0v) is 21.4. The fourth-order valence-electron chi connectivity index (χ4n) is 4.78. The van der Waals surface area contributed by atoms with Crippen LogP contribution in [0, 0.1) is 6.57 Å². The fraction of sp³-hybridized carbons (Fsp3) is 0.500. The summed E-state index contributed by atoms with van der Waals surface area (Å²) in [4.78, 5) is 16.7. The number of nitrogens with one attached hydrogen (secondary N) is 2. The van der Waals surface area contributed by atoms with Crippen molar-refractivity contribution in [2.24, 2.45) is 0 Å². The van der Waals surface area contributed by atoms with Crippen molar-refractivity contribution in [3.63, 3.8) is 0 Å². The first kappa shape index (κ1) is 24.8. The van der Waals surface area contributed by atoms with Gasteiger partial charge in [0.05, 0.1) is 41.3 Å². The molecule has 0 bridgehead atoms. The first-order valence-corrected chi connectivity index (χ1v) is 12.7. The Bertz CT molecular complexity index is 1400. The molecule has 38 heavy (non-hydrogen) atoms. The van der Waals surface area contributed by atoms with Crippen molar-refractivity contribution < 1.29 is 18.3 Å². The number of rotatable bonds is 8. The third-order valence-corrected chi connectivity index (χ3v) is 7.48. The van der Waals surface area contributed by atoms with E-state index in [0.717, 1.165) is 25.9 Å². The van der Waals surface area contributed by atoms with Gasteiger partial charge < -0.3 is 29.9 Å². The van der Waals surface area contributed by atoms with Crippen molar-refractivity contribution in [1.82, 2.24) is 24.5 Å². The van der Waals surface area contributed by atoms with Gasteiger partial charge in [-0.05, 0) is 19.8 Å². The van der Waals surface area contributed by atoms with Gasteiger partial charge in [-0.15, -0.1) is 4.52 Å². The minimum Gasteiger partial charge on any atom is -0.435 e. The monoisotopic (exact) mass is 545 g/mol. The molecule has 0 amide bonds. The molecular formula is C24H26ClF2N9O2. The molecule has 2 N–H and O–H groups in total. The van der Waals surface area contributed by atoms with Crippen molar-refractivity contribution in [2.75, 3.05) is 54.9 Å². The van der Waals surface area contributed by atoms with Crippen LogP contribution < -0.4 is 20.3 Å². The SMILES string of the molecule is [C-]#[N+]c1cnc2c(NC3CC3)nc(Nc3cc(OC(F)F)cc(N4CCN(C5(C)COC5)CC4)c3Cl)nn12. The average molecular weight is 546 g/mol. The van der Waals surface area contributed by atoms with Gasteiger partial charge >= 0.3 is 6.61 Å². The van der Waals surface area contributed by atoms with Crippen LogP contribution in [0.2, 0.25) is 5.02 Å². The first-order chi connectivity index (χ1) is 18.3. The molecule has 0 spiro atoms. The zero-order chi connectivity index (χ0) is 26.4. The van der Waals surface area contributed by atoms with Gasteiger partial charge in [0.15, 0.2) is 5.82 Å². The van der Waals surface area contributed by atoms with E-state index in [2.05, 4.69) is 47.3 Å². The summed E-state index contributed by atoms with van der Waals surface area (Å²) in [5.74, 6) is 0.786. The van der Waals surface area contributed by atoms with Crippen molar-refractivity contribution in [3.05, 3.63) is 34.8 Å². The quantitative estimate of drug-likeness (QED) is 0.404. The standard InChI is InChI=1S/C24H26ClF2N9O2/c1-24(12-37-13-24)35-7-5-34(6-8-35)17-10-15(38-22(26)27)9-16(19(17)25)31-23-32-20(30-14-3-4-14)21-29-11-18(28-2)36(21)33-23/h9-11,14,22H,3-8,12-13H2,1H3,(H2,30,31,32,33). The molecule has 6 rings (SSSR count). The summed E-state index contributed by atoms with van der Waals surface area (Å²) < 4.78 is 38.0. The zero-order valence-electron chi connectivity index (χ0n) is 20.6. The van der Waals surface area contributed by atoms with E-state index in [0.29, 0.717) is 54.2 Å². The van der Waals surface area contributed by atoms with E-state index in [1.54, 1.807) is 0 Å². The van der Waals surface area contributed by atoms with Crippen molar-refractivity contribution >= 4 is 46.2 Å². The second-order valence-electron chi connectivity index (χ2n) is 9.94. The van der Waals surface area contributed by atoms with Gasteiger partial charge in [0, 0.05) is 44.4 Å². The van der Waals surface area contributed by atoms with Gasteiger partial charge in [0.1, 0.15) is 5.75 Å². The van der Waals surface area contributed by atoms with Gasteiger partial charge in [-0.3, -0.25) is 4.90 Å². The van der Waals surface area contributed by atoms with Crippen LogP contribution in [0.1, 0.15) is 19.8 Å². The van der Waals surface area contributed by atoms with Crippen LogP contribution in [0.5, 0.6) is 5.75 Å². The lowest BCUT2D eigenvalue weighted by molar-refractivity contribution is -0.131. The number of hydrogen-bond donors (Lipinski definition) is 2. The highest BCUT2D eigenvalue weighted by Crippen LogP contribution is 2.40. The summed E-state index contributed by atoms with van der Waals surface area (Å²) >= 11 is 6.84. The van der Waals surface area contributed by atoms with Crippen LogP contribution in [0.4, 0.5) is 37.7 Å². The smallest absolute Gasteiger partial charge is 0.387 e. The normalized spacial score (nSPS) is 19.3. The van der Waals surface area contributed by atoms with E-state index < -0.39 is 6.61 Å². The Morgan fingerprint density at radius 1 is 1.24 bits per heavy atom. The third-order valence-electron chi connectivity index (χ3n) is 7.09. The third kappa shape index (κ3) is 4.75. The lowest BCUT2D eigenvalue weighted by atomic mass is 9.97. The molecule has 0 atom stereocenters. The number of halogens is 3. The summed E-state index contributed by atoms with van der Waals surface area (Å²) in [6, 6.07) is 3.20. The van der Waals surface area contributed by atoms with E-state index in [1.807, 2.05) is 0 Å². The maximum Gasteiger partial charge on any atom is 0.387 e. The van der Waals surface area contributed by atoms with E-state index in [-0.39, 0.29) is 29.1 Å². The maximum absolute atomic E-state index is 13.2. The number of alkyl halides is 2. The highest BCUT2D eigenvalue weighted by atomic mass is 35.5. The number of nitrogens with zero attached hydrogens (tertiary/aromatic N) is 7. The molecule has 0 unspecified atom stereocenters. The van der Waals surface area contributed by atoms with Gasteiger partial charge in [0.2, 0.25) is 0 Å². The topological polar surface area (TPSA) is 96.4 Å². The summed E-state index contributed by atoms with van der Waals surface area (Å²) in [5.41, 5.74) is 1.34. The summed E-state index contributed by atoms with van der Waals surface area (Å²) in [5, 5.41) is 11.1. The van der Waals surface area contributed by atoms with Crippen LogP contribution >= 0.6 is 11.6 Å². The molecule has 1 aromatic carbocycles. The molecule has 0 radical (unpaired) electrons. The van der Waals surface area contributed by atoms with E-state index in [4.69, 9.17) is 27.6 Å². The van der Waals surface area contributed by atoms with Crippen molar-refractivity contribution in [1.29, 1.82) is 0 Å². The molecule has 3 fully saturated rings. The Labute approximate surface area is 222 Å². The largest absolute Gasteiger partial charge is 0.435 e. The van der Waals surface area contributed by atoms with Gasteiger partial charge in [-0.2, -0.15) is 13.8 Å². The Hall–Kier alpha value is -3.47. The highest BCUT2D eigenvalue weighted by molar-refractivity contribution is 6.36. The number of benzene rings is 1. The van der Waals surface area contributed by atoms with E-state index in [1.165, 1.54) is 22.8 Å². The summed E-state index contributed by atoms with van der Waals surface area (Å²) in [6.45, 7) is 10.9. The van der Waals surface area contributed by atoms with Crippen LogP contribution in [-0.2, 0) is 4.74 Å². The van der Waals surface area contributed by atoms with Crippen molar-refractivity contribution in [3.8, 4) is 5.75 Å². The molecule has 1 aliphatic carbocycles. The summed E-state index contributed by atoms with van der Waals surface area (Å²) in [6.07, 6.45) is 3.45. The number of imidazole rings is 1. The molecule has 1 saturated carbocycles. The number of piperazine rings is 1. The number of hydrogen-bond acceptors (Lipinski definition) is 9. The highest BCUT2D eigenvalue weighted by Gasteiger charge is 2.40. The van der Waals surface area contributed by atoms with E-state index in [9.17, 15) is 8.78 Å². The molecular weight excluding hydrogens is 520 g/mol. The summed E-state index contributed by atoms with van der Waals surface area (Å²) in [7, 11) is 0. The number of aromatic nitrogens is 4. The van der Waals surface area contributed by atoms with Crippen LogP contribution in [0.15, 0.2) is 18.3 Å². The Morgan fingerprint density at radius 3 is 2.63 bits per heavy atom. The Balaban J connectivity index is 1.32. The van der Waals surface area contributed by atoms with Crippen molar-refractivity contribution in [2.45, 2.75) is 38.0 Å². The van der Waals surface area contributed by atoms with Gasteiger partial charge in [-0.1, -0.05) is 23.3 Å². The Morgan fingerprint density at radius 2 is 2.00 bits per heavy atom. The minimum absolute atomic E-state index is 0.0307. The van der Waals surface area contributed by atoms with Gasteiger partial charge in [-0.25, -0.2) is 4.98 Å². The molecule has 2 aliphatic heterocycles. The molecule has 3 aromatic rings. The number of ether oxygens (including phenoxy) is 2. The minimum atomic E-state index is -3.00. The first-order valence-electron chi connectivity index (χ1n) is 12.4. The molecule has 3 aliphatic rings. The molecule has 2 aromatic heterocycles. The van der Waals surface area contributed by atoms with Crippen LogP contribution in [0.3, 0.4) is 0 Å². The second kappa shape index (κ2) is 9.68. The lowest BCUT2D eigenvalue weighted by Crippen LogP contribution is -2.64. The molecule has 4 heterocycles. The molecule has 14 heteroatoms. The molecule has 11 nitrogen and oxygen atoms in total. The number of anilines is 4. The predicted octanol–water partition coefficient (Wildman–Crippen LogP) is 4.16. The Kier molecular flexibility index (Phi) is 6.33. The van der Waals surface area contributed by atoms with E-state index >= 15 is 0 Å². The van der Waals surface area contributed by atoms with Crippen LogP contribution in [0.25, 0.3) is 10.5 Å². The molecule has 200 valence electrons. The lowest BCUT2D eigenvalue weighted by Gasteiger charge is -2.50. The number of fused-ring (bicyclic) bond motifs is 1. The molecule has 2 saturated heterocycles.